The molecule has 13 nitrogen and oxygen atoms in total. The Morgan fingerprint density at radius 1 is 0.737 bits per heavy atom. The Morgan fingerprint density at radius 3 is 2.07 bits per heavy atom. The van der Waals surface area contributed by atoms with Gasteiger partial charge in [-0.15, -0.1) is 0 Å². The molecule has 0 aliphatic carbocycles. The number of imide groups is 2. The Morgan fingerprint density at radius 2 is 1.40 bits per heavy atom. The monoisotopic (exact) mass is 789 g/mol. The van der Waals surface area contributed by atoms with Crippen LogP contribution in [0.3, 0.4) is 0 Å². The van der Waals surface area contributed by atoms with Gasteiger partial charge in [0.1, 0.15) is 24.0 Å². The number of nitriles is 1. The van der Waals surface area contributed by atoms with Gasteiger partial charge in [-0.2, -0.15) is 5.26 Å². The van der Waals surface area contributed by atoms with Crippen molar-refractivity contribution in [2.45, 2.75) is 81.6 Å². The van der Waals surface area contributed by atoms with Crippen LogP contribution in [0, 0.1) is 11.3 Å². The summed E-state index contributed by atoms with van der Waals surface area (Å²) in [5.74, 6) is -1.24. The molecule has 57 heavy (non-hydrogen) atoms. The Hall–Kier alpha value is -5.45. The van der Waals surface area contributed by atoms with E-state index in [0.29, 0.717) is 39.1 Å². The number of rotatable bonds is 7. The predicted molar refractivity (Wildman–Crippen MR) is 211 cm³/mol. The van der Waals surface area contributed by atoms with E-state index in [-0.39, 0.29) is 36.9 Å². The zero-order valence-electron chi connectivity index (χ0n) is 31.6. The lowest BCUT2D eigenvalue weighted by Crippen LogP contribution is -2.54. The molecule has 5 fully saturated rings. The van der Waals surface area contributed by atoms with Gasteiger partial charge in [0.2, 0.25) is 11.8 Å². The van der Waals surface area contributed by atoms with E-state index in [1.807, 2.05) is 18.2 Å². The Bertz CT molecular complexity index is 2160. The zero-order valence-corrected chi connectivity index (χ0v) is 32.3. The third kappa shape index (κ3) is 6.99. The minimum atomic E-state index is -0.974. The number of nitrogens with one attached hydrogen (secondary N) is 1. The molecule has 5 amide bonds. The molecule has 2 bridgehead atoms. The number of piperidine rings is 3. The SMILES string of the molecule is N#Cc1ccc(OC2CC3CCC(C2)N3C(=O)c2ccc(N3CCN(C4CCN(c5ccc6c(c5)C(=O)N(C5CCC(=O)NC5=O)C6=O)CC4)CC3)cc2)cc1Cl. The highest BCUT2D eigenvalue weighted by Gasteiger charge is 2.46. The van der Waals surface area contributed by atoms with Crippen LogP contribution in [0.15, 0.2) is 60.7 Å². The van der Waals surface area contributed by atoms with Gasteiger partial charge in [-0.05, 0) is 86.7 Å². The van der Waals surface area contributed by atoms with Crippen molar-refractivity contribution in [3.8, 4) is 11.8 Å². The first-order valence-electron chi connectivity index (χ1n) is 20.0. The van der Waals surface area contributed by atoms with Crippen molar-refractivity contribution in [2.24, 2.45) is 0 Å². The molecule has 0 radical (unpaired) electrons. The molecule has 3 aromatic carbocycles. The van der Waals surface area contributed by atoms with Gasteiger partial charge in [0.05, 0.1) is 21.7 Å². The molecule has 0 aromatic heterocycles. The number of hydrogen-bond donors (Lipinski definition) is 1. The van der Waals surface area contributed by atoms with Crippen molar-refractivity contribution < 1.29 is 28.7 Å². The molecule has 1 N–H and O–H groups in total. The molecular formula is C43H44ClN7O6. The van der Waals surface area contributed by atoms with Crippen LogP contribution < -0.4 is 19.9 Å². The van der Waals surface area contributed by atoms with Crippen LogP contribution in [0.4, 0.5) is 11.4 Å². The molecule has 3 aromatic rings. The minimum Gasteiger partial charge on any atom is -0.490 e. The molecule has 3 atom stereocenters. The summed E-state index contributed by atoms with van der Waals surface area (Å²) in [5.41, 5.74) is 3.75. The number of hydrogen-bond acceptors (Lipinski definition) is 10. The first-order valence-corrected chi connectivity index (χ1v) is 20.4. The number of benzene rings is 3. The normalized spacial score (nSPS) is 25.4. The van der Waals surface area contributed by atoms with Gasteiger partial charge in [-0.3, -0.25) is 39.1 Å². The summed E-state index contributed by atoms with van der Waals surface area (Å²) in [6, 6.07) is 20.4. The van der Waals surface area contributed by atoms with E-state index < -0.39 is 29.7 Å². The Kier molecular flexibility index (Phi) is 9.86. The molecule has 6 heterocycles. The molecule has 5 saturated heterocycles. The average molecular weight is 790 g/mol. The fraction of sp³-hybridized carbons (Fsp3) is 0.442. The number of nitrogens with zero attached hydrogens (tertiary/aromatic N) is 6. The van der Waals surface area contributed by atoms with Crippen LogP contribution >= 0.6 is 11.6 Å². The second-order valence-electron chi connectivity index (χ2n) is 16.0. The number of piperazine rings is 1. The fourth-order valence-electron chi connectivity index (χ4n) is 9.86. The third-order valence-corrected chi connectivity index (χ3v) is 13.2. The van der Waals surface area contributed by atoms with Gasteiger partial charge in [0, 0.05) is 99.7 Å². The molecule has 14 heteroatoms. The molecule has 6 aliphatic rings. The summed E-state index contributed by atoms with van der Waals surface area (Å²) in [7, 11) is 0. The second-order valence-corrected chi connectivity index (χ2v) is 16.4. The molecular weight excluding hydrogens is 746 g/mol. The number of carbonyl (C=O) groups is 5. The van der Waals surface area contributed by atoms with Crippen molar-refractivity contribution in [2.75, 3.05) is 49.1 Å². The summed E-state index contributed by atoms with van der Waals surface area (Å²) in [5, 5.41) is 11.8. The number of halogens is 1. The quantitative estimate of drug-likeness (QED) is 0.337. The van der Waals surface area contributed by atoms with Gasteiger partial charge in [-0.1, -0.05) is 11.6 Å². The smallest absolute Gasteiger partial charge is 0.262 e. The maximum absolute atomic E-state index is 13.8. The van der Waals surface area contributed by atoms with Crippen LogP contribution in [0.25, 0.3) is 0 Å². The first-order chi connectivity index (χ1) is 27.6. The van der Waals surface area contributed by atoms with Crippen LogP contribution in [0.5, 0.6) is 5.75 Å². The highest BCUT2D eigenvalue weighted by molar-refractivity contribution is 6.31. The summed E-state index contributed by atoms with van der Waals surface area (Å²) < 4.78 is 6.27. The Labute approximate surface area is 336 Å². The third-order valence-electron chi connectivity index (χ3n) is 12.9. The highest BCUT2D eigenvalue weighted by Crippen LogP contribution is 2.39. The number of anilines is 2. The van der Waals surface area contributed by atoms with E-state index in [2.05, 4.69) is 43.1 Å². The molecule has 294 valence electrons. The first kappa shape index (κ1) is 37.1. The number of carbonyl (C=O) groups excluding carboxylic acids is 5. The standard InChI is InChI=1S/C43H44ClN7O6/c44-37-24-33(9-3-27(37)25-45)57-34-21-31-6-7-32(22-34)50(31)41(54)26-1-4-28(5-2-26)48-17-19-49(20-18-48)29-13-15-47(16-14-29)30-8-10-35-36(23-30)43(56)51(42(35)55)38-11-12-39(52)46-40(38)53/h1-5,8-10,23-24,29,31-32,34,38H,6-7,11-22H2,(H,46,52,53). The zero-order chi connectivity index (χ0) is 39.4. The van der Waals surface area contributed by atoms with E-state index in [0.717, 1.165) is 94.1 Å². The van der Waals surface area contributed by atoms with Crippen LogP contribution in [0.1, 0.15) is 88.0 Å². The summed E-state index contributed by atoms with van der Waals surface area (Å²) >= 11 is 6.22. The van der Waals surface area contributed by atoms with E-state index in [1.54, 1.807) is 30.3 Å². The van der Waals surface area contributed by atoms with Gasteiger partial charge in [0.15, 0.2) is 0 Å². The van der Waals surface area contributed by atoms with E-state index >= 15 is 0 Å². The van der Waals surface area contributed by atoms with E-state index in [1.165, 1.54) is 0 Å². The maximum Gasteiger partial charge on any atom is 0.262 e. The van der Waals surface area contributed by atoms with Crippen molar-refractivity contribution >= 4 is 52.5 Å². The van der Waals surface area contributed by atoms with Gasteiger partial charge in [0.25, 0.3) is 17.7 Å². The topological polar surface area (TPSA) is 147 Å². The van der Waals surface area contributed by atoms with Crippen LogP contribution in [-0.2, 0) is 9.59 Å². The summed E-state index contributed by atoms with van der Waals surface area (Å²) in [6.45, 7) is 5.37. The van der Waals surface area contributed by atoms with Gasteiger partial charge < -0.3 is 19.4 Å². The minimum absolute atomic E-state index is 0.00417. The number of fused-ring (bicyclic) bond motifs is 3. The van der Waals surface area contributed by atoms with Crippen LogP contribution in [-0.4, -0.2) is 114 Å². The molecule has 0 saturated carbocycles. The molecule has 6 aliphatic heterocycles. The van der Waals surface area contributed by atoms with E-state index in [4.69, 9.17) is 16.3 Å². The summed E-state index contributed by atoms with van der Waals surface area (Å²) in [6.07, 6.45) is 5.67. The Balaban J connectivity index is 0.750. The number of ether oxygens (including phenoxy) is 1. The molecule has 0 spiro atoms. The van der Waals surface area contributed by atoms with Crippen molar-refractivity contribution in [3.63, 3.8) is 0 Å². The highest BCUT2D eigenvalue weighted by atomic mass is 35.5. The van der Waals surface area contributed by atoms with Crippen molar-refractivity contribution in [1.82, 2.24) is 20.0 Å². The lowest BCUT2D eigenvalue weighted by molar-refractivity contribution is -0.136. The average Bonchev–Trinajstić information content (AvgIpc) is 3.64. The molecule has 9 rings (SSSR count). The largest absolute Gasteiger partial charge is 0.490 e. The molecule has 3 unspecified atom stereocenters. The van der Waals surface area contributed by atoms with Crippen molar-refractivity contribution in [1.29, 1.82) is 5.26 Å². The van der Waals surface area contributed by atoms with Gasteiger partial charge in [-0.25, -0.2) is 0 Å². The fourth-order valence-corrected chi connectivity index (χ4v) is 10.1. The lowest BCUT2D eigenvalue weighted by atomic mass is 9.98. The van der Waals surface area contributed by atoms with E-state index in [9.17, 15) is 29.2 Å². The lowest BCUT2D eigenvalue weighted by Gasteiger charge is -2.44. The summed E-state index contributed by atoms with van der Waals surface area (Å²) in [4.78, 5) is 74.7. The number of amides is 5. The van der Waals surface area contributed by atoms with Crippen LogP contribution in [0.2, 0.25) is 5.02 Å². The second kappa shape index (κ2) is 15.1. The van der Waals surface area contributed by atoms with Gasteiger partial charge >= 0.3 is 0 Å². The predicted octanol–water partition coefficient (Wildman–Crippen LogP) is 4.62. The van der Waals surface area contributed by atoms with Crippen molar-refractivity contribution in [3.05, 3.63) is 87.9 Å². The maximum atomic E-state index is 13.8.